The smallest absolute Gasteiger partial charge is 0.251 e. The Labute approximate surface area is 147 Å². The quantitative estimate of drug-likeness (QED) is 0.811. The van der Waals surface area contributed by atoms with Crippen molar-refractivity contribution in [3.05, 3.63) is 53.6 Å². The molecule has 6 heteroatoms. The lowest BCUT2D eigenvalue weighted by Crippen LogP contribution is -2.18. The molecule has 132 valence electrons. The number of aryl methyl sites for hydroxylation is 1. The van der Waals surface area contributed by atoms with Gasteiger partial charge in [0.25, 0.3) is 5.91 Å². The Balaban J connectivity index is 1.96. The minimum Gasteiger partial charge on any atom is -0.493 e. The van der Waals surface area contributed by atoms with Crippen LogP contribution in [0.4, 0.5) is 5.69 Å². The summed E-state index contributed by atoms with van der Waals surface area (Å²) in [4.78, 5) is 23.8. The number of hydrogen-bond acceptors (Lipinski definition) is 4. The maximum absolute atomic E-state index is 12.1. The molecular formula is C19H22N2O4. The van der Waals surface area contributed by atoms with Gasteiger partial charge in [0.1, 0.15) is 0 Å². The van der Waals surface area contributed by atoms with Crippen LogP contribution in [-0.2, 0) is 11.2 Å². The predicted octanol–water partition coefficient (Wildman–Crippen LogP) is 2.63. The van der Waals surface area contributed by atoms with Crippen molar-refractivity contribution < 1.29 is 19.1 Å². The zero-order valence-electron chi connectivity index (χ0n) is 14.6. The minimum atomic E-state index is -0.193. The Bertz CT molecular complexity index is 759. The van der Waals surface area contributed by atoms with Gasteiger partial charge < -0.3 is 20.1 Å². The fourth-order valence-corrected chi connectivity index (χ4v) is 2.40. The molecule has 0 unspecified atom stereocenters. The van der Waals surface area contributed by atoms with Crippen LogP contribution in [0.25, 0.3) is 0 Å². The summed E-state index contributed by atoms with van der Waals surface area (Å²) in [6, 6.07) is 12.4. The first-order valence-electron chi connectivity index (χ1n) is 7.90. The van der Waals surface area contributed by atoms with E-state index >= 15 is 0 Å². The van der Waals surface area contributed by atoms with Crippen LogP contribution in [0.15, 0.2) is 42.5 Å². The summed E-state index contributed by atoms with van der Waals surface area (Å²) in [7, 11) is 4.72. The Hall–Kier alpha value is -3.02. The number of nitrogens with one attached hydrogen (secondary N) is 2. The minimum absolute atomic E-state index is 0.121. The van der Waals surface area contributed by atoms with Gasteiger partial charge in [-0.25, -0.2) is 0 Å². The van der Waals surface area contributed by atoms with E-state index in [0.717, 1.165) is 5.56 Å². The zero-order chi connectivity index (χ0) is 18.2. The summed E-state index contributed by atoms with van der Waals surface area (Å²) >= 11 is 0. The lowest BCUT2D eigenvalue weighted by molar-refractivity contribution is -0.116. The largest absolute Gasteiger partial charge is 0.493 e. The summed E-state index contributed by atoms with van der Waals surface area (Å²) in [6.07, 6.45) is 0.890. The van der Waals surface area contributed by atoms with E-state index < -0.39 is 0 Å². The van der Waals surface area contributed by atoms with Gasteiger partial charge in [-0.05, 0) is 42.3 Å². The molecule has 0 aliphatic heterocycles. The van der Waals surface area contributed by atoms with E-state index in [0.29, 0.717) is 35.6 Å². The van der Waals surface area contributed by atoms with E-state index in [2.05, 4.69) is 10.6 Å². The third-order valence-electron chi connectivity index (χ3n) is 3.72. The predicted molar refractivity (Wildman–Crippen MR) is 96.3 cm³/mol. The highest BCUT2D eigenvalue weighted by Crippen LogP contribution is 2.28. The number of anilines is 1. The third kappa shape index (κ3) is 4.97. The van der Waals surface area contributed by atoms with Gasteiger partial charge in [0.05, 0.1) is 14.2 Å². The molecule has 0 spiro atoms. The third-order valence-corrected chi connectivity index (χ3v) is 3.72. The number of rotatable bonds is 7. The zero-order valence-corrected chi connectivity index (χ0v) is 14.6. The van der Waals surface area contributed by atoms with Crippen LogP contribution in [0.2, 0.25) is 0 Å². The average Bonchev–Trinajstić information content (AvgIpc) is 2.65. The molecule has 2 aromatic carbocycles. The van der Waals surface area contributed by atoms with Crippen molar-refractivity contribution in [2.45, 2.75) is 12.8 Å². The van der Waals surface area contributed by atoms with Crippen molar-refractivity contribution in [2.75, 3.05) is 26.6 Å². The van der Waals surface area contributed by atoms with Crippen LogP contribution < -0.4 is 20.1 Å². The standard InChI is InChI=1S/C19H22N2O4/c1-20-19(23)14-5-4-6-15(12-14)21-18(22)10-8-13-7-9-16(24-2)17(11-13)25-3/h4-7,9,11-12H,8,10H2,1-3H3,(H,20,23)(H,21,22). The van der Waals surface area contributed by atoms with E-state index in [-0.39, 0.29) is 11.8 Å². The monoisotopic (exact) mass is 342 g/mol. The highest BCUT2D eigenvalue weighted by atomic mass is 16.5. The summed E-state index contributed by atoms with van der Waals surface area (Å²) in [5.41, 5.74) is 2.07. The van der Waals surface area contributed by atoms with Crippen LogP contribution in [0.3, 0.4) is 0 Å². The molecule has 0 aliphatic carbocycles. The number of ether oxygens (including phenoxy) is 2. The second-order valence-corrected chi connectivity index (χ2v) is 5.40. The molecule has 0 atom stereocenters. The molecule has 0 aliphatic rings. The second-order valence-electron chi connectivity index (χ2n) is 5.40. The lowest BCUT2D eigenvalue weighted by Gasteiger charge is -2.10. The summed E-state index contributed by atoms with van der Waals surface area (Å²) in [5, 5.41) is 5.36. The molecule has 0 bridgehead atoms. The van der Waals surface area contributed by atoms with Gasteiger partial charge >= 0.3 is 0 Å². The van der Waals surface area contributed by atoms with Crippen LogP contribution in [-0.4, -0.2) is 33.1 Å². The van der Waals surface area contributed by atoms with Gasteiger partial charge in [-0.2, -0.15) is 0 Å². The van der Waals surface area contributed by atoms with E-state index in [1.807, 2.05) is 18.2 Å². The Morgan fingerprint density at radius 2 is 1.76 bits per heavy atom. The number of amides is 2. The molecular weight excluding hydrogens is 320 g/mol. The number of carbonyl (C=O) groups is 2. The van der Waals surface area contributed by atoms with Crippen LogP contribution in [0.1, 0.15) is 22.3 Å². The van der Waals surface area contributed by atoms with Gasteiger partial charge in [-0.3, -0.25) is 9.59 Å². The van der Waals surface area contributed by atoms with E-state index in [1.165, 1.54) is 0 Å². The molecule has 2 amide bonds. The van der Waals surface area contributed by atoms with Gasteiger partial charge in [0.2, 0.25) is 5.91 Å². The van der Waals surface area contributed by atoms with E-state index in [1.54, 1.807) is 45.5 Å². The maximum atomic E-state index is 12.1. The van der Waals surface area contributed by atoms with E-state index in [9.17, 15) is 9.59 Å². The molecule has 2 rings (SSSR count). The van der Waals surface area contributed by atoms with Crippen LogP contribution >= 0.6 is 0 Å². The summed E-state index contributed by atoms with van der Waals surface area (Å²) in [6.45, 7) is 0. The SMILES string of the molecule is CNC(=O)c1cccc(NC(=O)CCc2ccc(OC)c(OC)c2)c1. The van der Waals surface area contributed by atoms with Crippen molar-refractivity contribution >= 4 is 17.5 Å². The number of carbonyl (C=O) groups excluding carboxylic acids is 2. The molecule has 0 aromatic heterocycles. The number of benzene rings is 2. The summed E-state index contributed by atoms with van der Waals surface area (Å²) in [5.74, 6) is 0.977. The van der Waals surface area contributed by atoms with Crippen LogP contribution in [0.5, 0.6) is 11.5 Å². The highest BCUT2D eigenvalue weighted by Gasteiger charge is 2.09. The van der Waals surface area contributed by atoms with Gasteiger partial charge in [0.15, 0.2) is 11.5 Å². The van der Waals surface area contributed by atoms with Gasteiger partial charge in [-0.15, -0.1) is 0 Å². The Morgan fingerprint density at radius 1 is 1.00 bits per heavy atom. The molecule has 0 saturated heterocycles. The Morgan fingerprint density at radius 3 is 2.44 bits per heavy atom. The normalized spacial score (nSPS) is 10.0. The molecule has 2 N–H and O–H groups in total. The number of hydrogen-bond donors (Lipinski definition) is 2. The first-order valence-corrected chi connectivity index (χ1v) is 7.90. The summed E-state index contributed by atoms with van der Waals surface area (Å²) < 4.78 is 10.5. The van der Waals surface area contributed by atoms with Crippen molar-refractivity contribution in [1.29, 1.82) is 0 Å². The molecule has 2 aromatic rings. The average molecular weight is 342 g/mol. The molecule has 0 radical (unpaired) electrons. The van der Waals surface area contributed by atoms with Gasteiger partial charge in [-0.1, -0.05) is 12.1 Å². The molecule has 0 fully saturated rings. The number of methoxy groups -OCH3 is 2. The molecule has 0 saturated carbocycles. The fraction of sp³-hybridized carbons (Fsp3) is 0.263. The van der Waals surface area contributed by atoms with Crippen molar-refractivity contribution in [3.8, 4) is 11.5 Å². The van der Waals surface area contributed by atoms with Gasteiger partial charge in [0, 0.05) is 24.7 Å². The van der Waals surface area contributed by atoms with Crippen molar-refractivity contribution in [3.63, 3.8) is 0 Å². The lowest BCUT2D eigenvalue weighted by atomic mass is 10.1. The van der Waals surface area contributed by atoms with Crippen molar-refractivity contribution in [1.82, 2.24) is 5.32 Å². The Kier molecular flexibility index (Phi) is 6.39. The van der Waals surface area contributed by atoms with Crippen molar-refractivity contribution in [2.24, 2.45) is 0 Å². The first-order chi connectivity index (χ1) is 12.1. The van der Waals surface area contributed by atoms with Crippen LogP contribution in [0, 0.1) is 0 Å². The fourth-order valence-electron chi connectivity index (χ4n) is 2.40. The van der Waals surface area contributed by atoms with E-state index in [4.69, 9.17) is 9.47 Å². The molecule has 0 heterocycles. The highest BCUT2D eigenvalue weighted by molar-refractivity contribution is 5.97. The molecule has 25 heavy (non-hydrogen) atoms. The second kappa shape index (κ2) is 8.73. The first kappa shape index (κ1) is 18.3. The topological polar surface area (TPSA) is 76.7 Å². The molecule has 6 nitrogen and oxygen atoms in total. The maximum Gasteiger partial charge on any atom is 0.251 e.